The van der Waals surface area contributed by atoms with Crippen molar-refractivity contribution in [1.82, 2.24) is 24.6 Å². The zero-order chi connectivity index (χ0) is 23.1. The van der Waals surface area contributed by atoms with Crippen molar-refractivity contribution in [3.63, 3.8) is 0 Å². The number of hydrogen-bond donors (Lipinski definition) is 2. The molecule has 0 unspecified atom stereocenters. The van der Waals surface area contributed by atoms with E-state index >= 15 is 0 Å². The first-order valence-electron chi connectivity index (χ1n) is 10.9. The van der Waals surface area contributed by atoms with Crippen molar-refractivity contribution in [2.24, 2.45) is 0 Å². The molecule has 0 saturated carbocycles. The van der Waals surface area contributed by atoms with Gasteiger partial charge in [0.25, 0.3) is 5.24 Å². The van der Waals surface area contributed by atoms with Gasteiger partial charge in [-0.15, -0.1) is 0 Å². The Morgan fingerprint density at radius 3 is 2.76 bits per heavy atom. The molecule has 1 aliphatic heterocycles. The van der Waals surface area contributed by atoms with Gasteiger partial charge in [-0.25, -0.2) is 9.97 Å². The van der Waals surface area contributed by atoms with Crippen LogP contribution in [0.1, 0.15) is 10.5 Å². The molecule has 1 aliphatic rings. The second-order valence-corrected chi connectivity index (χ2v) is 8.36. The van der Waals surface area contributed by atoms with E-state index in [1.807, 2.05) is 42.6 Å². The van der Waals surface area contributed by atoms with E-state index in [-0.39, 0.29) is 0 Å². The van der Waals surface area contributed by atoms with E-state index < -0.39 is 5.24 Å². The van der Waals surface area contributed by atoms with Gasteiger partial charge in [-0.2, -0.15) is 5.10 Å². The average Bonchev–Trinajstić information content (AvgIpc) is 3.54. The van der Waals surface area contributed by atoms with E-state index in [1.165, 1.54) is 0 Å². The van der Waals surface area contributed by atoms with Crippen LogP contribution in [0.15, 0.2) is 61.2 Å². The zero-order valence-corrected chi connectivity index (χ0v) is 18.8. The number of nitrogens with zero attached hydrogens (tertiary/aromatic N) is 5. The van der Waals surface area contributed by atoms with E-state index in [0.717, 1.165) is 48.5 Å². The van der Waals surface area contributed by atoms with E-state index in [1.54, 1.807) is 23.0 Å². The van der Waals surface area contributed by atoms with Crippen molar-refractivity contribution in [1.29, 1.82) is 0 Å². The largest absolute Gasteiger partial charge is 0.378 e. The van der Waals surface area contributed by atoms with Gasteiger partial charge in [0.2, 0.25) is 0 Å². The molecule has 5 heterocycles. The maximum absolute atomic E-state index is 12.5. The molecular weight excluding hydrogens is 454 g/mol. The van der Waals surface area contributed by atoms with E-state index in [0.29, 0.717) is 28.4 Å². The van der Waals surface area contributed by atoms with Crippen molar-refractivity contribution in [3.05, 3.63) is 66.9 Å². The van der Waals surface area contributed by atoms with Crippen molar-refractivity contribution >= 4 is 50.6 Å². The minimum absolute atomic E-state index is 0.342. The number of rotatable bonds is 5. The second kappa shape index (κ2) is 8.44. The summed E-state index contributed by atoms with van der Waals surface area (Å²) in [6, 6.07) is 11.7. The summed E-state index contributed by atoms with van der Waals surface area (Å²) in [7, 11) is 0. The molecule has 10 heteroatoms. The van der Waals surface area contributed by atoms with Crippen LogP contribution in [-0.2, 0) is 4.74 Å². The number of benzene rings is 1. The Bertz CT molecular complexity index is 1500. The third-order valence-electron chi connectivity index (χ3n) is 5.99. The van der Waals surface area contributed by atoms with Crippen LogP contribution in [-0.4, -0.2) is 56.1 Å². The summed E-state index contributed by atoms with van der Waals surface area (Å²) in [6.45, 7) is 3.13. The highest BCUT2D eigenvalue weighted by Gasteiger charge is 2.20. The molecule has 0 aliphatic carbocycles. The fourth-order valence-electron chi connectivity index (χ4n) is 4.31. The van der Waals surface area contributed by atoms with Gasteiger partial charge in [0.05, 0.1) is 42.5 Å². The topological polar surface area (TPSA) is 100 Å². The number of ether oxygens (including phenoxy) is 1. The molecule has 0 atom stereocenters. The minimum Gasteiger partial charge on any atom is -0.378 e. The summed E-state index contributed by atoms with van der Waals surface area (Å²) in [5, 5.41) is 10.8. The van der Waals surface area contributed by atoms with Gasteiger partial charge in [0, 0.05) is 36.4 Å². The van der Waals surface area contributed by atoms with Crippen molar-refractivity contribution in [2.45, 2.75) is 0 Å². The Labute approximate surface area is 199 Å². The Kier molecular flexibility index (Phi) is 5.12. The van der Waals surface area contributed by atoms with Gasteiger partial charge in [0.15, 0.2) is 5.65 Å². The molecule has 170 valence electrons. The molecule has 9 nitrogen and oxygen atoms in total. The van der Waals surface area contributed by atoms with Crippen molar-refractivity contribution < 1.29 is 9.53 Å². The first-order valence-corrected chi connectivity index (χ1v) is 11.2. The van der Waals surface area contributed by atoms with Crippen LogP contribution in [0.2, 0.25) is 0 Å². The molecule has 1 saturated heterocycles. The molecule has 0 radical (unpaired) electrons. The molecule has 4 aromatic heterocycles. The van der Waals surface area contributed by atoms with Gasteiger partial charge in [-0.05, 0) is 41.4 Å². The predicted molar refractivity (Wildman–Crippen MR) is 131 cm³/mol. The van der Waals surface area contributed by atoms with E-state index in [4.69, 9.17) is 16.3 Å². The third-order valence-corrected chi connectivity index (χ3v) is 6.17. The smallest absolute Gasteiger partial charge is 0.269 e. The summed E-state index contributed by atoms with van der Waals surface area (Å²) in [4.78, 5) is 23.8. The molecular formula is C24H20ClN7O2. The van der Waals surface area contributed by atoms with Crippen molar-refractivity contribution in [2.75, 3.05) is 36.5 Å². The van der Waals surface area contributed by atoms with Gasteiger partial charge in [0.1, 0.15) is 11.5 Å². The normalized spacial score (nSPS) is 14.1. The lowest BCUT2D eigenvalue weighted by molar-refractivity contribution is 0.107. The molecule has 34 heavy (non-hydrogen) atoms. The van der Waals surface area contributed by atoms with Crippen LogP contribution >= 0.6 is 11.6 Å². The highest BCUT2D eigenvalue weighted by molar-refractivity contribution is 6.68. The lowest BCUT2D eigenvalue weighted by Crippen LogP contribution is -2.36. The fourth-order valence-corrected chi connectivity index (χ4v) is 4.51. The maximum atomic E-state index is 12.5. The first kappa shape index (κ1) is 20.6. The number of aromatic nitrogens is 5. The number of morpholine rings is 1. The molecule has 0 spiro atoms. The van der Waals surface area contributed by atoms with Crippen LogP contribution in [0, 0.1) is 0 Å². The SMILES string of the molecule is O=C(Cl)c1c(-c2ccc3cn[nH]c3c2)cc(Nc2ccc(N3CCOCC3)cn2)c2nccn12. The quantitative estimate of drug-likeness (QED) is 0.368. The summed E-state index contributed by atoms with van der Waals surface area (Å²) in [6.07, 6.45) is 6.97. The van der Waals surface area contributed by atoms with Crippen molar-refractivity contribution in [3.8, 4) is 11.1 Å². The van der Waals surface area contributed by atoms with E-state index in [2.05, 4.69) is 30.4 Å². The van der Waals surface area contributed by atoms with Gasteiger partial charge < -0.3 is 15.0 Å². The van der Waals surface area contributed by atoms with E-state index in [9.17, 15) is 4.79 Å². The first-order chi connectivity index (χ1) is 16.7. The number of carbonyl (C=O) groups is 1. The number of H-pyrrole nitrogens is 1. The van der Waals surface area contributed by atoms with Gasteiger partial charge >= 0.3 is 0 Å². The van der Waals surface area contributed by atoms with Crippen LogP contribution < -0.4 is 10.2 Å². The van der Waals surface area contributed by atoms with Crippen LogP contribution in [0.5, 0.6) is 0 Å². The average molecular weight is 474 g/mol. The Balaban J connectivity index is 1.42. The predicted octanol–water partition coefficient (Wildman–Crippen LogP) is 4.23. The number of anilines is 3. The van der Waals surface area contributed by atoms with Gasteiger partial charge in [-0.3, -0.25) is 14.3 Å². The highest BCUT2D eigenvalue weighted by Crippen LogP contribution is 2.33. The minimum atomic E-state index is -0.567. The lowest BCUT2D eigenvalue weighted by atomic mass is 10.0. The number of imidazole rings is 1. The highest BCUT2D eigenvalue weighted by atomic mass is 35.5. The maximum Gasteiger partial charge on any atom is 0.269 e. The third kappa shape index (κ3) is 3.64. The zero-order valence-electron chi connectivity index (χ0n) is 18.0. The van der Waals surface area contributed by atoms with Crippen LogP contribution in [0.25, 0.3) is 27.7 Å². The Morgan fingerprint density at radius 1 is 1.09 bits per heavy atom. The molecule has 6 rings (SSSR count). The van der Waals surface area contributed by atoms with Crippen LogP contribution in [0.4, 0.5) is 17.2 Å². The Morgan fingerprint density at radius 2 is 1.97 bits per heavy atom. The molecule has 1 aromatic carbocycles. The summed E-state index contributed by atoms with van der Waals surface area (Å²) in [5.41, 5.74) is 5.05. The molecule has 0 bridgehead atoms. The summed E-state index contributed by atoms with van der Waals surface area (Å²) in [5.74, 6) is 0.668. The number of pyridine rings is 2. The van der Waals surface area contributed by atoms with Crippen LogP contribution in [0.3, 0.4) is 0 Å². The summed E-state index contributed by atoms with van der Waals surface area (Å²) < 4.78 is 7.13. The fraction of sp³-hybridized carbons (Fsp3) is 0.167. The molecule has 2 N–H and O–H groups in total. The number of halogens is 1. The molecule has 0 amide bonds. The number of nitrogens with one attached hydrogen (secondary N) is 2. The number of aromatic amines is 1. The number of carbonyl (C=O) groups excluding carboxylic acids is 1. The number of hydrogen-bond acceptors (Lipinski definition) is 7. The van der Waals surface area contributed by atoms with Gasteiger partial charge in [-0.1, -0.05) is 12.1 Å². The monoisotopic (exact) mass is 473 g/mol. The number of fused-ring (bicyclic) bond motifs is 2. The molecule has 1 fully saturated rings. The summed E-state index contributed by atoms with van der Waals surface area (Å²) >= 11 is 6.04. The second-order valence-electron chi connectivity index (χ2n) is 8.01. The Hall–Kier alpha value is -3.95. The molecule has 5 aromatic rings. The lowest BCUT2D eigenvalue weighted by Gasteiger charge is -2.28. The standard InChI is InChI=1S/C24H20ClN7O2/c25-23(33)22-18(15-1-2-16-13-28-30-19(16)11-15)12-20(24-26-5-6-32(22)24)29-21-4-3-17(14-27-21)31-7-9-34-10-8-31/h1-6,11-14H,7-10H2,(H,27,29)(H,28,30).